The van der Waals surface area contributed by atoms with Crippen molar-refractivity contribution in [1.29, 1.82) is 0 Å². The zero-order chi connectivity index (χ0) is 21.0. The van der Waals surface area contributed by atoms with E-state index in [4.69, 9.17) is 0 Å². The molecule has 1 fully saturated rings. The maximum Gasteiger partial charge on any atom is 0.236 e. The van der Waals surface area contributed by atoms with Crippen LogP contribution in [0.5, 0.6) is 0 Å². The molecule has 0 radical (unpaired) electrons. The lowest BCUT2D eigenvalue weighted by molar-refractivity contribution is -0.129. The highest BCUT2D eigenvalue weighted by Gasteiger charge is 2.27. The van der Waals surface area contributed by atoms with Crippen LogP contribution < -0.4 is 0 Å². The SMILES string of the molecule is O=C(CSc1nc2ccccc2[nH]1)N1CCN(S(=O)(=O)C=Cc2ccccc2)CC1. The van der Waals surface area contributed by atoms with E-state index in [1.54, 1.807) is 11.0 Å². The first-order valence-electron chi connectivity index (χ1n) is 9.60. The van der Waals surface area contributed by atoms with Crippen LogP contribution in [0, 0.1) is 0 Å². The fourth-order valence-corrected chi connectivity index (χ4v) is 5.19. The van der Waals surface area contributed by atoms with Gasteiger partial charge in [-0.2, -0.15) is 4.31 Å². The van der Waals surface area contributed by atoms with Gasteiger partial charge in [-0.25, -0.2) is 13.4 Å². The third-order valence-corrected chi connectivity index (χ3v) is 7.31. The number of para-hydroxylation sites is 2. The minimum atomic E-state index is -3.51. The quantitative estimate of drug-likeness (QED) is 0.593. The van der Waals surface area contributed by atoms with Gasteiger partial charge in [0.1, 0.15) is 0 Å². The summed E-state index contributed by atoms with van der Waals surface area (Å²) in [6.45, 7) is 1.36. The third kappa shape index (κ3) is 4.92. The van der Waals surface area contributed by atoms with E-state index >= 15 is 0 Å². The maximum atomic E-state index is 12.6. The van der Waals surface area contributed by atoms with Crippen LogP contribution in [0.4, 0.5) is 0 Å². The maximum absolute atomic E-state index is 12.6. The second-order valence-electron chi connectivity index (χ2n) is 6.89. The number of hydrogen-bond acceptors (Lipinski definition) is 5. The van der Waals surface area contributed by atoms with Crippen molar-refractivity contribution in [3.63, 3.8) is 0 Å². The number of benzene rings is 2. The molecule has 0 aliphatic carbocycles. The number of H-pyrrole nitrogens is 1. The smallest absolute Gasteiger partial charge is 0.236 e. The van der Waals surface area contributed by atoms with Gasteiger partial charge in [-0.3, -0.25) is 4.79 Å². The molecule has 1 aliphatic rings. The van der Waals surface area contributed by atoms with E-state index in [2.05, 4.69) is 9.97 Å². The summed E-state index contributed by atoms with van der Waals surface area (Å²) in [5.74, 6) is 0.248. The molecule has 1 N–H and O–H groups in total. The van der Waals surface area contributed by atoms with Crippen molar-refractivity contribution >= 4 is 44.8 Å². The van der Waals surface area contributed by atoms with E-state index in [1.165, 1.54) is 21.5 Å². The van der Waals surface area contributed by atoms with Gasteiger partial charge in [0.25, 0.3) is 0 Å². The topological polar surface area (TPSA) is 86.4 Å². The molecule has 0 spiro atoms. The van der Waals surface area contributed by atoms with Crippen molar-refractivity contribution < 1.29 is 13.2 Å². The zero-order valence-corrected chi connectivity index (χ0v) is 17.9. The molecule has 7 nitrogen and oxygen atoms in total. The summed E-state index contributed by atoms with van der Waals surface area (Å²) < 4.78 is 26.5. The normalized spacial score (nSPS) is 15.8. The Labute approximate surface area is 179 Å². The van der Waals surface area contributed by atoms with Gasteiger partial charge >= 0.3 is 0 Å². The molecule has 2 heterocycles. The van der Waals surface area contributed by atoms with Crippen LogP contribution in [-0.2, 0) is 14.8 Å². The number of hydrogen-bond donors (Lipinski definition) is 1. The molecular formula is C21H22N4O3S2. The fraction of sp³-hybridized carbons (Fsp3) is 0.238. The molecule has 1 saturated heterocycles. The molecule has 1 aliphatic heterocycles. The first-order chi connectivity index (χ1) is 14.5. The van der Waals surface area contributed by atoms with Gasteiger partial charge in [0.15, 0.2) is 5.16 Å². The van der Waals surface area contributed by atoms with Gasteiger partial charge in [-0.1, -0.05) is 54.2 Å². The molecule has 4 rings (SSSR count). The van der Waals surface area contributed by atoms with Crippen LogP contribution in [0.2, 0.25) is 0 Å². The molecule has 0 saturated carbocycles. The lowest BCUT2D eigenvalue weighted by atomic mass is 10.2. The van der Waals surface area contributed by atoms with Gasteiger partial charge in [0, 0.05) is 31.6 Å². The molecule has 0 unspecified atom stereocenters. The predicted molar refractivity (Wildman–Crippen MR) is 119 cm³/mol. The van der Waals surface area contributed by atoms with Crippen molar-refractivity contribution in [3.8, 4) is 0 Å². The van der Waals surface area contributed by atoms with E-state index < -0.39 is 10.0 Å². The van der Waals surface area contributed by atoms with Crippen molar-refractivity contribution in [1.82, 2.24) is 19.2 Å². The number of amides is 1. The van der Waals surface area contributed by atoms with Crippen molar-refractivity contribution in [3.05, 3.63) is 65.6 Å². The summed E-state index contributed by atoms with van der Waals surface area (Å²) in [6, 6.07) is 17.0. The number of aromatic amines is 1. The van der Waals surface area contributed by atoms with Crippen LogP contribution in [0.15, 0.2) is 65.2 Å². The number of nitrogens with zero attached hydrogens (tertiary/aromatic N) is 3. The number of piperazine rings is 1. The molecule has 3 aromatic rings. The predicted octanol–water partition coefficient (Wildman–Crippen LogP) is 2.80. The molecule has 30 heavy (non-hydrogen) atoms. The molecule has 0 bridgehead atoms. The minimum absolute atomic E-state index is 0.0164. The Morgan fingerprint density at radius 2 is 1.73 bits per heavy atom. The number of imidazole rings is 1. The Morgan fingerprint density at radius 3 is 2.47 bits per heavy atom. The van der Waals surface area contributed by atoms with E-state index in [0.29, 0.717) is 31.3 Å². The zero-order valence-electron chi connectivity index (χ0n) is 16.3. The van der Waals surface area contributed by atoms with Gasteiger partial charge in [0.2, 0.25) is 15.9 Å². The van der Waals surface area contributed by atoms with Gasteiger partial charge in [0.05, 0.1) is 16.8 Å². The van der Waals surface area contributed by atoms with E-state index in [-0.39, 0.29) is 11.7 Å². The Hall–Kier alpha value is -2.62. The second kappa shape index (κ2) is 9.03. The number of nitrogens with one attached hydrogen (secondary N) is 1. The third-order valence-electron chi connectivity index (χ3n) is 4.88. The fourth-order valence-electron chi connectivity index (χ4n) is 3.23. The van der Waals surface area contributed by atoms with Crippen LogP contribution in [0.25, 0.3) is 17.1 Å². The number of sulfonamides is 1. The van der Waals surface area contributed by atoms with Crippen LogP contribution in [-0.4, -0.2) is 65.4 Å². The molecule has 2 aromatic carbocycles. The number of carbonyl (C=O) groups is 1. The molecule has 9 heteroatoms. The number of fused-ring (bicyclic) bond motifs is 1. The number of aromatic nitrogens is 2. The van der Waals surface area contributed by atoms with E-state index in [1.807, 2.05) is 54.6 Å². The lowest BCUT2D eigenvalue weighted by Gasteiger charge is -2.33. The standard InChI is InChI=1S/C21H22N4O3S2/c26-20(16-29-21-22-18-8-4-5-9-19(18)23-21)24-11-13-25(14-12-24)30(27,28)15-10-17-6-2-1-3-7-17/h1-10,15H,11-14,16H2,(H,22,23). The number of rotatable bonds is 6. The minimum Gasteiger partial charge on any atom is -0.339 e. The van der Waals surface area contributed by atoms with Crippen molar-refractivity contribution in [2.75, 3.05) is 31.9 Å². The van der Waals surface area contributed by atoms with Gasteiger partial charge < -0.3 is 9.88 Å². The number of carbonyl (C=O) groups excluding carboxylic acids is 1. The molecular weight excluding hydrogens is 420 g/mol. The van der Waals surface area contributed by atoms with Crippen LogP contribution in [0.1, 0.15) is 5.56 Å². The molecule has 1 amide bonds. The summed E-state index contributed by atoms with van der Waals surface area (Å²) in [4.78, 5) is 21.9. The summed E-state index contributed by atoms with van der Waals surface area (Å²) >= 11 is 1.36. The first-order valence-corrected chi connectivity index (χ1v) is 12.1. The summed E-state index contributed by atoms with van der Waals surface area (Å²) in [5, 5.41) is 1.94. The average molecular weight is 443 g/mol. The summed E-state index contributed by atoms with van der Waals surface area (Å²) in [5.41, 5.74) is 2.64. The van der Waals surface area contributed by atoms with Crippen LogP contribution >= 0.6 is 11.8 Å². The Morgan fingerprint density at radius 1 is 1.03 bits per heavy atom. The Balaban J connectivity index is 1.29. The average Bonchev–Trinajstić information content (AvgIpc) is 3.20. The highest BCUT2D eigenvalue weighted by molar-refractivity contribution is 7.99. The lowest BCUT2D eigenvalue weighted by Crippen LogP contribution is -2.50. The Kier molecular flexibility index (Phi) is 6.21. The van der Waals surface area contributed by atoms with E-state index in [0.717, 1.165) is 16.6 Å². The largest absolute Gasteiger partial charge is 0.339 e. The molecule has 1 aromatic heterocycles. The first kappa shape index (κ1) is 20.6. The van der Waals surface area contributed by atoms with Gasteiger partial charge in [-0.15, -0.1) is 0 Å². The van der Waals surface area contributed by atoms with E-state index in [9.17, 15) is 13.2 Å². The second-order valence-corrected chi connectivity index (χ2v) is 9.67. The molecule has 0 atom stereocenters. The molecule has 156 valence electrons. The van der Waals surface area contributed by atoms with Crippen molar-refractivity contribution in [2.24, 2.45) is 0 Å². The van der Waals surface area contributed by atoms with Crippen LogP contribution in [0.3, 0.4) is 0 Å². The monoisotopic (exact) mass is 442 g/mol. The Bertz CT molecular complexity index is 1120. The van der Waals surface area contributed by atoms with Crippen molar-refractivity contribution in [2.45, 2.75) is 5.16 Å². The highest BCUT2D eigenvalue weighted by Crippen LogP contribution is 2.20. The van der Waals surface area contributed by atoms with Gasteiger partial charge in [-0.05, 0) is 23.8 Å². The summed E-state index contributed by atoms with van der Waals surface area (Å²) in [7, 11) is -3.51. The number of thioether (sulfide) groups is 1. The highest BCUT2D eigenvalue weighted by atomic mass is 32.2. The summed E-state index contributed by atoms with van der Waals surface area (Å²) in [6.07, 6.45) is 1.59.